The Morgan fingerprint density at radius 3 is 2.59 bits per heavy atom. The number of fused-ring (bicyclic) bond motifs is 1. The lowest BCUT2D eigenvalue weighted by atomic mass is 9.96. The molecule has 1 saturated heterocycles. The number of benzene rings is 2. The second-order valence-electron chi connectivity index (χ2n) is 7.63. The summed E-state index contributed by atoms with van der Waals surface area (Å²) in [7, 11) is -2.87. The first-order valence-electron chi connectivity index (χ1n) is 8.69. The SMILES string of the molecule is Cc1cc(OCC2(C)CS(=O)(=O)C2)ccc1-c1csc2ccc(C=O)cc12. The van der Waals surface area contributed by atoms with Crippen molar-refractivity contribution in [3.05, 3.63) is 52.9 Å². The molecule has 140 valence electrons. The number of thiophene rings is 1. The molecule has 1 aliphatic heterocycles. The molecule has 27 heavy (non-hydrogen) atoms. The molecule has 6 heteroatoms. The van der Waals surface area contributed by atoms with Crippen LogP contribution in [0, 0.1) is 12.3 Å². The molecule has 2 heterocycles. The largest absolute Gasteiger partial charge is 0.493 e. The average Bonchev–Trinajstić information content (AvgIpc) is 3.01. The molecular formula is C21H20O4S2. The van der Waals surface area contributed by atoms with Crippen LogP contribution in [0.2, 0.25) is 0 Å². The second kappa shape index (κ2) is 6.46. The minimum Gasteiger partial charge on any atom is -0.493 e. The first kappa shape index (κ1) is 18.2. The molecule has 0 saturated carbocycles. The highest BCUT2D eigenvalue weighted by atomic mass is 32.2. The molecule has 0 bridgehead atoms. The third-order valence-corrected chi connectivity index (χ3v) is 8.18. The van der Waals surface area contributed by atoms with Crippen molar-refractivity contribution in [1.29, 1.82) is 0 Å². The summed E-state index contributed by atoms with van der Waals surface area (Å²) in [6, 6.07) is 11.7. The smallest absolute Gasteiger partial charge is 0.151 e. The van der Waals surface area contributed by atoms with Crippen molar-refractivity contribution in [2.75, 3.05) is 18.1 Å². The number of hydrogen-bond acceptors (Lipinski definition) is 5. The molecule has 0 unspecified atom stereocenters. The first-order valence-corrected chi connectivity index (χ1v) is 11.4. The summed E-state index contributed by atoms with van der Waals surface area (Å²) in [6.07, 6.45) is 0.867. The number of aryl methyl sites for hydroxylation is 1. The van der Waals surface area contributed by atoms with Crippen LogP contribution < -0.4 is 4.74 Å². The number of carbonyl (C=O) groups is 1. The number of sulfone groups is 1. The van der Waals surface area contributed by atoms with E-state index >= 15 is 0 Å². The van der Waals surface area contributed by atoms with Crippen molar-refractivity contribution in [3.8, 4) is 16.9 Å². The number of aldehydes is 1. The van der Waals surface area contributed by atoms with E-state index in [0.29, 0.717) is 12.2 Å². The van der Waals surface area contributed by atoms with Gasteiger partial charge in [0.1, 0.15) is 12.0 Å². The lowest BCUT2D eigenvalue weighted by Gasteiger charge is -2.37. The van der Waals surface area contributed by atoms with Gasteiger partial charge in [-0.25, -0.2) is 8.42 Å². The maximum absolute atomic E-state index is 11.4. The van der Waals surface area contributed by atoms with Gasteiger partial charge in [-0.15, -0.1) is 11.3 Å². The zero-order chi connectivity index (χ0) is 19.2. The van der Waals surface area contributed by atoms with Gasteiger partial charge in [-0.05, 0) is 47.7 Å². The molecule has 4 rings (SSSR count). The molecule has 1 fully saturated rings. The lowest BCUT2D eigenvalue weighted by Crippen LogP contribution is -2.50. The van der Waals surface area contributed by atoms with Gasteiger partial charge < -0.3 is 4.74 Å². The zero-order valence-electron chi connectivity index (χ0n) is 15.2. The summed E-state index contributed by atoms with van der Waals surface area (Å²) < 4.78 is 29.9. The Labute approximate surface area is 162 Å². The van der Waals surface area contributed by atoms with Gasteiger partial charge >= 0.3 is 0 Å². The number of hydrogen-bond donors (Lipinski definition) is 0. The summed E-state index contributed by atoms with van der Waals surface area (Å²) in [5, 5.41) is 3.19. The van der Waals surface area contributed by atoms with Crippen molar-refractivity contribution in [1.82, 2.24) is 0 Å². The summed E-state index contributed by atoms with van der Waals surface area (Å²) in [5.74, 6) is 1.13. The predicted molar refractivity (Wildman–Crippen MR) is 110 cm³/mol. The van der Waals surface area contributed by atoms with Crippen molar-refractivity contribution in [2.24, 2.45) is 5.41 Å². The van der Waals surface area contributed by atoms with E-state index in [-0.39, 0.29) is 16.9 Å². The molecule has 0 aliphatic carbocycles. The molecule has 2 aromatic carbocycles. The average molecular weight is 401 g/mol. The van der Waals surface area contributed by atoms with Gasteiger partial charge in [0.05, 0.1) is 18.1 Å². The molecule has 3 aromatic rings. The second-order valence-corrected chi connectivity index (χ2v) is 10.6. The number of ether oxygens (including phenoxy) is 1. The molecular weight excluding hydrogens is 380 g/mol. The molecule has 1 aromatic heterocycles. The lowest BCUT2D eigenvalue weighted by molar-refractivity contribution is 0.112. The maximum Gasteiger partial charge on any atom is 0.151 e. The normalized spacial score (nSPS) is 17.4. The quantitative estimate of drug-likeness (QED) is 0.592. The molecule has 4 nitrogen and oxygen atoms in total. The van der Waals surface area contributed by atoms with E-state index in [9.17, 15) is 13.2 Å². The van der Waals surface area contributed by atoms with E-state index in [1.54, 1.807) is 11.3 Å². The Kier molecular flexibility index (Phi) is 4.35. The third kappa shape index (κ3) is 3.51. The summed E-state index contributed by atoms with van der Waals surface area (Å²) in [4.78, 5) is 11.1. The van der Waals surface area contributed by atoms with E-state index in [4.69, 9.17) is 4.74 Å². The maximum atomic E-state index is 11.4. The fraction of sp³-hybridized carbons (Fsp3) is 0.286. The highest BCUT2D eigenvalue weighted by Crippen LogP contribution is 2.38. The molecule has 0 N–H and O–H groups in total. The van der Waals surface area contributed by atoms with Gasteiger partial charge in [-0.3, -0.25) is 4.79 Å². The van der Waals surface area contributed by atoms with Crippen LogP contribution in [0.4, 0.5) is 0 Å². The van der Waals surface area contributed by atoms with Crippen molar-refractivity contribution < 1.29 is 17.9 Å². The van der Waals surface area contributed by atoms with Gasteiger partial charge in [-0.2, -0.15) is 0 Å². The summed E-state index contributed by atoms with van der Waals surface area (Å²) >= 11 is 1.66. The molecule has 0 atom stereocenters. The van der Waals surface area contributed by atoms with Crippen LogP contribution in [0.3, 0.4) is 0 Å². The third-order valence-electron chi connectivity index (χ3n) is 4.95. The highest BCUT2D eigenvalue weighted by molar-refractivity contribution is 7.92. The standard InChI is InChI=1S/C21H20O4S2/c1-14-7-16(25-11-21(2)12-27(23,24)13-21)4-5-17(14)19-10-26-20-6-3-15(9-22)8-18(19)20/h3-10H,11-13H2,1-2H3. The Balaban J connectivity index is 1.58. The van der Waals surface area contributed by atoms with Crippen molar-refractivity contribution in [2.45, 2.75) is 13.8 Å². The first-order chi connectivity index (χ1) is 12.8. The number of carbonyl (C=O) groups excluding carboxylic acids is 1. The fourth-order valence-corrected chi connectivity index (χ4v) is 6.86. The number of rotatable bonds is 5. The van der Waals surface area contributed by atoms with Gasteiger partial charge in [0.2, 0.25) is 0 Å². The minimum absolute atomic E-state index is 0.191. The predicted octanol–water partition coefficient (Wildman–Crippen LogP) is 4.50. The monoisotopic (exact) mass is 400 g/mol. The van der Waals surface area contributed by atoms with Crippen LogP contribution >= 0.6 is 11.3 Å². The molecule has 0 spiro atoms. The Bertz CT molecular complexity index is 1130. The van der Waals surface area contributed by atoms with E-state index in [1.165, 1.54) is 0 Å². The van der Waals surface area contributed by atoms with Gasteiger partial charge in [-0.1, -0.05) is 19.1 Å². The van der Waals surface area contributed by atoms with Gasteiger partial charge in [0.15, 0.2) is 9.84 Å². The van der Waals surface area contributed by atoms with Crippen LogP contribution in [-0.4, -0.2) is 32.8 Å². The van der Waals surface area contributed by atoms with Gasteiger partial charge in [0, 0.05) is 26.6 Å². The Morgan fingerprint density at radius 1 is 1.15 bits per heavy atom. The highest BCUT2D eigenvalue weighted by Gasteiger charge is 2.45. The minimum atomic E-state index is -2.87. The van der Waals surface area contributed by atoms with Crippen molar-refractivity contribution in [3.63, 3.8) is 0 Å². The zero-order valence-corrected chi connectivity index (χ0v) is 16.8. The van der Waals surface area contributed by atoms with E-state index < -0.39 is 9.84 Å². The van der Waals surface area contributed by atoms with Crippen LogP contribution in [0.1, 0.15) is 22.8 Å². The summed E-state index contributed by atoms with van der Waals surface area (Å²) in [6.45, 7) is 4.37. The van der Waals surface area contributed by atoms with E-state index in [0.717, 1.165) is 38.8 Å². The van der Waals surface area contributed by atoms with Crippen LogP contribution in [0.25, 0.3) is 21.2 Å². The van der Waals surface area contributed by atoms with E-state index in [1.807, 2.05) is 50.2 Å². The topological polar surface area (TPSA) is 60.4 Å². The Morgan fingerprint density at radius 2 is 1.93 bits per heavy atom. The Hall–Kier alpha value is -2.18. The van der Waals surface area contributed by atoms with Gasteiger partial charge in [0.25, 0.3) is 0 Å². The van der Waals surface area contributed by atoms with Crippen LogP contribution in [-0.2, 0) is 9.84 Å². The van der Waals surface area contributed by atoms with Crippen molar-refractivity contribution >= 4 is 37.5 Å². The van der Waals surface area contributed by atoms with E-state index in [2.05, 4.69) is 5.38 Å². The summed E-state index contributed by atoms with van der Waals surface area (Å²) in [5.41, 5.74) is 3.67. The fourth-order valence-electron chi connectivity index (χ4n) is 3.72. The van der Waals surface area contributed by atoms with Crippen LogP contribution in [0.5, 0.6) is 5.75 Å². The van der Waals surface area contributed by atoms with Crippen LogP contribution in [0.15, 0.2) is 41.8 Å². The molecule has 0 radical (unpaired) electrons. The molecule has 0 amide bonds. The molecule has 1 aliphatic rings.